The van der Waals surface area contributed by atoms with E-state index in [1.807, 2.05) is 0 Å². The van der Waals surface area contributed by atoms with Gasteiger partial charge in [-0.3, -0.25) is 0 Å². The first-order valence-electron chi connectivity index (χ1n) is 2.19. The minimum Gasteiger partial charge on any atom is -0.228 e. The fraction of sp³-hybridized carbons (Fsp3) is 0.750. The zero-order valence-electron chi connectivity index (χ0n) is 4.59. The Morgan fingerprint density at radius 1 is 1.62 bits per heavy atom. The topological polar surface area (TPSA) is 57.9 Å². The average Bonchev–Trinajstić information content (AvgIpc) is 1.67. The summed E-state index contributed by atoms with van der Waals surface area (Å²) >= 11 is 0. The van der Waals surface area contributed by atoms with Gasteiger partial charge in [-0.25, -0.2) is 8.42 Å². The molecule has 0 amide bonds. The van der Waals surface area contributed by atoms with Gasteiger partial charge in [0.05, 0.1) is 6.07 Å². The molecule has 0 fully saturated rings. The van der Waals surface area contributed by atoms with Gasteiger partial charge in [-0.05, 0) is 0 Å². The molecule has 0 aliphatic carbocycles. The molecule has 3 nitrogen and oxygen atoms in total. The Balaban J connectivity index is 4.01. The molecule has 8 heavy (non-hydrogen) atoms. The fourth-order valence-electron chi connectivity index (χ4n) is 0.200. The molecule has 0 bridgehead atoms. The van der Waals surface area contributed by atoms with E-state index in [9.17, 15) is 8.42 Å². The Bertz CT molecular complexity index is 187. The van der Waals surface area contributed by atoms with E-state index in [0.29, 0.717) is 0 Å². The number of sulfone groups is 1. The monoisotopic (exact) mass is 133 g/mol. The lowest BCUT2D eigenvalue weighted by Gasteiger charge is -1.87. The van der Waals surface area contributed by atoms with Gasteiger partial charge in [-0.15, -0.1) is 0 Å². The molecular weight excluding hydrogens is 126 g/mol. The average molecular weight is 133 g/mol. The Morgan fingerprint density at radius 3 is 2.25 bits per heavy atom. The molecule has 4 heteroatoms. The van der Waals surface area contributed by atoms with Crippen LogP contribution in [0, 0.1) is 11.3 Å². The van der Waals surface area contributed by atoms with Crippen LogP contribution in [-0.4, -0.2) is 19.9 Å². The smallest absolute Gasteiger partial charge is 0.163 e. The fourth-order valence-corrected chi connectivity index (χ4v) is 0.601. The molecule has 0 spiro atoms. The summed E-state index contributed by atoms with van der Waals surface area (Å²) < 4.78 is 20.8. The van der Waals surface area contributed by atoms with Crippen molar-refractivity contribution >= 4 is 9.84 Å². The van der Waals surface area contributed by atoms with Gasteiger partial charge in [0.25, 0.3) is 0 Å². The molecule has 0 radical (unpaired) electrons. The van der Waals surface area contributed by atoms with E-state index in [1.165, 1.54) is 6.92 Å². The molecule has 0 aromatic rings. The van der Waals surface area contributed by atoms with E-state index < -0.39 is 9.84 Å². The normalized spacial score (nSPS) is 10.5. The van der Waals surface area contributed by atoms with Crippen LogP contribution < -0.4 is 0 Å². The zero-order valence-corrected chi connectivity index (χ0v) is 5.40. The van der Waals surface area contributed by atoms with Crippen molar-refractivity contribution in [3.63, 3.8) is 0 Å². The van der Waals surface area contributed by atoms with Gasteiger partial charge in [0.2, 0.25) is 0 Å². The lowest BCUT2D eigenvalue weighted by molar-refractivity contribution is 0.600. The van der Waals surface area contributed by atoms with Crippen molar-refractivity contribution in [2.45, 2.75) is 6.92 Å². The van der Waals surface area contributed by atoms with Crippen LogP contribution in [0.1, 0.15) is 6.92 Å². The quantitative estimate of drug-likeness (QED) is 0.530. The highest BCUT2D eigenvalue weighted by atomic mass is 32.2. The number of nitriles is 1. The maximum Gasteiger partial charge on any atom is 0.163 e. The zero-order chi connectivity index (χ0) is 6.62. The predicted octanol–water partition coefficient (Wildman–Crippen LogP) is -0.0553. The van der Waals surface area contributed by atoms with Gasteiger partial charge in [-0.1, -0.05) is 6.92 Å². The molecule has 0 aliphatic rings. The van der Waals surface area contributed by atoms with Crippen LogP contribution in [-0.2, 0) is 9.84 Å². The second-order valence-corrected chi connectivity index (χ2v) is 3.69. The Hall–Kier alpha value is -0.560. The number of rotatable bonds is 2. The van der Waals surface area contributed by atoms with Crippen molar-refractivity contribution in [1.29, 1.82) is 5.26 Å². The van der Waals surface area contributed by atoms with E-state index in [-0.39, 0.29) is 11.5 Å². The minimum atomic E-state index is -3.03. The molecule has 0 heterocycles. The van der Waals surface area contributed by atoms with Crippen molar-refractivity contribution in [1.82, 2.24) is 0 Å². The third-order valence-electron chi connectivity index (χ3n) is 0.724. The van der Waals surface area contributed by atoms with Crippen molar-refractivity contribution in [2.24, 2.45) is 0 Å². The van der Waals surface area contributed by atoms with Crippen molar-refractivity contribution in [3.8, 4) is 6.07 Å². The van der Waals surface area contributed by atoms with E-state index in [1.54, 1.807) is 6.07 Å². The van der Waals surface area contributed by atoms with Crippen molar-refractivity contribution in [3.05, 3.63) is 0 Å². The Morgan fingerprint density at radius 2 is 2.12 bits per heavy atom. The summed E-state index contributed by atoms with van der Waals surface area (Å²) in [7, 11) is -3.03. The Labute approximate surface area is 48.9 Å². The highest BCUT2D eigenvalue weighted by Gasteiger charge is 2.03. The van der Waals surface area contributed by atoms with Crippen LogP contribution in [0.15, 0.2) is 0 Å². The van der Waals surface area contributed by atoms with Crippen molar-refractivity contribution < 1.29 is 8.42 Å². The maximum atomic E-state index is 10.4. The highest BCUT2D eigenvalue weighted by Crippen LogP contribution is 1.84. The third-order valence-corrected chi connectivity index (χ3v) is 2.17. The summed E-state index contributed by atoms with van der Waals surface area (Å²) in [6.45, 7) is 1.52. The standard InChI is InChI=1S/C4H7NO2S/c1-2-8(6,7)4-3-5/h2,4H2,1H3. The molecule has 0 aliphatic heterocycles. The van der Waals surface area contributed by atoms with Gasteiger partial charge in [-0.2, -0.15) is 5.26 Å². The number of hydrogen-bond acceptors (Lipinski definition) is 3. The van der Waals surface area contributed by atoms with Crippen LogP contribution in [0.4, 0.5) is 0 Å². The van der Waals surface area contributed by atoms with E-state index >= 15 is 0 Å². The van der Waals surface area contributed by atoms with Gasteiger partial charge in [0.15, 0.2) is 9.84 Å². The summed E-state index contributed by atoms with van der Waals surface area (Å²) in [6, 6.07) is 1.57. The highest BCUT2D eigenvalue weighted by molar-refractivity contribution is 7.91. The van der Waals surface area contributed by atoms with E-state index in [2.05, 4.69) is 0 Å². The molecule has 46 valence electrons. The second-order valence-electron chi connectivity index (χ2n) is 1.33. The molecule has 0 atom stereocenters. The summed E-state index contributed by atoms with van der Waals surface area (Å²) in [5, 5.41) is 7.90. The first kappa shape index (κ1) is 7.44. The summed E-state index contributed by atoms with van der Waals surface area (Å²) in [4.78, 5) is 0. The maximum absolute atomic E-state index is 10.4. The second kappa shape index (κ2) is 2.68. The molecule has 0 saturated carbocycles. The largest absolute Gasteiger partial charge is 0.228 e. The van der Waals surface area contributed by atoms with Crippen LogP contribution >= 0.6 is 0 Å². The first-order chi connectivity index (χ1) is 3.62. The van der Waals surface area contributed by atoms with Crippen molar-refractivity contribution in [2.75, 3.05) is 11.5 Å². The molecule has 0 aromatic carbocycles. The molecule has 0 saturated heterocycles. The van der Waals surface area contributed by atoms with Crippen LogP contribution in [0.2, 0.25) is 0 Å². The molecule has 0 aromatic heterocycles. The van der Waals surface area contributed by atoms with Crippen LogP contribution in [0.5, 0.6) is 0 Å². The summed E-state index contributed by atoms with van der Waals surface area (Å²) in [6.07, 6.45) is 0. The molecule has 0 N–H and O–H groups in total. The number of nitrogens with zero attached hydrogens (tertiary/aromatic N) is 1. The van der Waals surface area contributed by atoms with E-state index in [4.69, 9.17) is 5.26 Å². The lowest BCUT2D eigenvalue weighted by atomic mass is 10.9. The first-order valence-corrected chi connectivity index (χ1v) is 4.02. The van der Waals surface area contributed by atoms with Gasteiger partial charge in [0.1, 0.15) is 5.75 Å². The number of hydrogen-bond donors (Lipinski definition) is 0. The lowest BCUT2D eigenvalue weighted by Crippen LogP contribution is -2.05. The van der Waals surface area contributed by atoms with Gasteiger partial charge < -0.3 is 0 Å². The predicted molar refractivity (Wildman–Crippen MR) is 29.9 cm³/mol. The molecule has 0 unspecified atom stereocenters. The van der Waals surface area contributed by atoms with Crippen LogP contribution in [0.25, 0.3) is 0 Å². The van der Waals surface area contributed by atoms with Gasteiger partial charge in [0, 0.05) is 5.75 Å². The minimum absolute atomic E-state index is 0.0561. The van der Waals surface area contributed by atoms with Crippen LogP contribution in [0.3, 0.4) is 0 Å². The van der Waals surface area contributed by atoms with E-state index in [0.717, 1.165) is 0 Å². The van der Waals surface area contributed by atoms with Gasteiger partial charge >= 0.3 is 0 Å². The summed E-state index contributed by atoms with van der Waals surface area (Å²) in [5.74, 6) is -0.302. The molecule has 0 rings (SSSR count). The molecular formula is C4H7NO2S. The third kappa shape index (κ3) is 2.59. The Kier molecular flexibility index (Phi) is 2.49. The SMILES string of the molecule is CCS(=O)(=O)CC#N. The summed E-state index contributed by atoms with van der Waals surface area (Å²) in [5.41, 5.74) is 0.